The van der Waals surface area contributed by atoms with E-state index in [0.717, 1.165) is 47.9 Å². The number of rotatable bonds is 10. The van der Waals surface area contributed by atoms with Crippen LogP contribution in [0, 0.1) is 0 Å². The second-order valence-electron chi connectivity index (χ2n) is 8.33. The molecule has 0 aliphatic carbocycles. The van der Waals surface area contributed by atoms with E-state index < -0.39 is 0 Å². The van der Waals surface area contributed by atoms with Gasteiger partial charge in [0.05, 0.1) is 0 Å². The van der Waals surface area contributed by atoms with E-state index in [9.17, 15) is 10.2 Å². The van der Waals surface area contributed by atoms with Gasteiger partial charge in [-0.25, -0.2) is 0 Å². The molecule has 4 nitrogen and oxygen atoms in total. The number of phenols is 2. The Balaban J connectivity index is 2.22. The molecule has 2 rings (SSSR count). The van der Waals surface area contributed by atoms with Gasteiger partial charge in [0.1, 0.15) is 18.2 Å². The Labute approximate surface area is 187 Å². The highest BCUT2D eigenvalue weighted by Gasteiger charge is 2.12. The zero-order valence-corrected chi connectivity index (χ0v) is 19.9. The lowest BCUT2D eigenvalue weighted by Gasteiger charge is -2.14. The number of benzene rings is 2. The van der Waals surface area contributed by atoms with Crippen LogP contribution in [0.5, 0.6) is 11.5 Å². The molecule has 2 unspecified atom stereocenters. The quantitative estimate of drug-likeness (QED) is 0.416. The summed E-state index contributed by atoms with van der Waals surface area (Å²) in [5, 5.41) is 21.1. The molecule has 2 N–H and O–H groups in total. The molecule has 0 aliphatic heterocycles. The predicted octanol–water partition coefficient (Wildman–Crippen LogP) is 6.75. The summed E-state index contributed by atoms with van der Waals surface area (Å²) < 4.78 is 0. The minimum Gasteiger partial charge on any atom is -0.507 e. The number of aliphatic imine (C=N–C) groups is 2. The SMILES string of the molecule is CCc1cc(C(C)CC)cc(C=NCN=Cc2cc(C(C)CC)cc(CC)c2O)c1O. The average molecular weight is 423 g/mol. The normalized spacial score (nSPS) is 13.9. The molecule has 0 heterocycles. The fourth-order valence-corrected chi connectivity index (χ4v) is 3.59. The minimum atomic E-state index is 0.239. The molecule has 0 radical (unpaired) electrons. The summed E-state index contributed by atoms with van der Waals surface area (Å²) >= 11 is 0. The van der Waals surface area contributed by atoms with Gasteiger partial charge in [0.25, 0.3) is 0 Å². The molecule has 0 fully saturated rings. The Bertz CT molecular complexity index is 856. The van der Waals surface area contributed by atoms with E-state index in [4.69, 9.17) is 0 Å². The molecule has 0 amide bonds. The third kappa shape index (κ3) is 6.19. The smallest absolute Gasteiger partial charge is 0.129 e. The first-order chi connectivity index (χ1) is 14.9. The number of hydrogen-bond donors (Lipinski definition) is 2. The number of hydrogen-bond acceptors (Lipinski definition) is 4. The average Bonchev–Trinajstić information content (AvgIpc) is 2.79. The summed E-state index contributed by atoms with van der Waals surface area (Å²) in [7, 11) is 0. The molecule has 0 saturated carbocycles. The van der Waals surface area contributed by atoms with Crippen molar-refractivity contribution in [2.45, 2.75) is 79.1 Å². The number of aryl methyl sites for hydroxylation is 2. The van der Waals surface area contributed by atoms with Crippen LogP contribution in [0.4, 0.5) is 0 Å². The lowest BCUT2D eigenvalue weighted by Crippen LogP contribution is -1.98. The maximum absolute atomic E-state index is 10.5. The van der Waals surface area contributed by atoms with Crippen molar-refractivity contribution >= 4 is 12.4 Å². The molecule has 0 aliphatic rings. The van der Waals surface area contributed by atoms with Gasteiger partial charge in [0, 0.05) is 23.6 Å². The fraction of sp³-hybridized carbons (Fsp3) is 0.481. The molecule has 0 bridgehead atoms. The van der Waals surface area contributed by atoms with Gasteiger partial charge in [-0.15, -0.1) is 0 Å². The molecular weight excluding hydrogens is 384 g/mol. The zero-order chi connectivity index (χ0) is 23.0. The summed E-state index contributed by atoms with van der Waals surface area (Å²) in [4.78, 5) is 8.80. The van der Waals surface area contributed by atoms with Gasteiger partial charge in [-0.1, -0.05) is 53.7 Å². The van der Waals surface area contributed by atoms with Crippen molar-refractivity contribution in [2.24, 2.45) is 9.98 Å². The van der Waals surface area contributed by atoms with Crippen LogP contribution < -0.4 is 0 Å². The predicted molar refractivity (Wildman–Crippen MR) is 132 cm³/mol. The van der Waals surface area contributed by atoms with Gasteiger partial charge in [-0.05, 0) is 71.9 Å². The number of aromatic hydroxyl groups is 2. The summed E-state index contributed by atoms with van der Waals surface area (Å²) in [6.45, 7) is 13.1. The molecule has 0 spiro atoms. The van der Waals surface area contributed by atoms with Crippen molar-refractivity contribution < 1.29 is 10.2 Å². The van der Waals surface area contributed by atoms with Crippen molar-refractivity contribution in [1.82, 2.24) is 0 Å². The van der Waals surface area contributed by atoms with E-state index in [2.05, 4.69) is 49.8 Å². The Morgan fingerprint density at radius 2 is 1.10 bits per heavy atom. The van der Waals surface area contributed by atoms with Gasteiger partial charge in [0.2, 0.25) is 0 Å². The summed E-state index contributed by atoms with van der Waals surface area (Å²) in [5.41, 5.74) is 5.81. The first-order valence-corrected chi connectivity index (χ1v) is 11.6. The zero-order valence-electron chi connectivity index (χ0n) is 19.9. The molecule has 2 aromatic rings. The van der Waals surface area contributed by atoms with Gasteiger partial charge in [-0.2, -0.15) is 0 Å². The van der Waals surface area contributed by atoms with E-state index in [0.29, 0.717) is 23.3 Å². The highest BCUT2D eigenvalue weighted by Crippen LogP contribution is 2.30. The van der Waals surface area contributed by atoms with Crippen molar-refractivity contribution in [3.8, 4) is 11.5 Å². The van der Waals surface area contributed by atoms with Gasteiger partial charge in [-0.3, -0.25) is 9.98 Å². The molecule has 2 atom stereocenters. The first kappa shape index (κ1) is 24.6. The lowest BCUT2D eigenvalue weighted by molar-refractivity contribution is 0.467. The van der Waals surface area contributed by atoms with Crippen molar-refractivity contribution in [1.29, 1.82) is 0 Å². The third-order valence-electron chi connectivity index (χ3n) is 6.23. The van der Waals surface area contributed by atoms with Crippen molar-refractivity contribution in [3.05, 3.63) is 57.6 Å². The van der Waals surface area contributed by atoms with E-state index in [1.54, 1.807) is 12.4 Å². The maximum Gasteiger partial charge on any atom is 0.129 e. The van der Waals surface area contributed by atoms with Gasteiger partial charge in [0.15, 0.2) is 0 Å². The van der Waals surface area contributed by atoms with E-state index >= 15 is 0 Å². The molecule has 4 heteroatoms. The number of nitrogens with zero attached hydrogens (tertiary/aromatic N) is 2. The summed E-state index contributed by atoms with van der Waals surface area (Å²) in [6, 6.07) is 8.23. The Kier molecular flexibility index (Phi) is 9.29. The highest BCUT2D eigenvalue weighted by atomic mass is 16.3. The summed E-state index contributed by atoms with van der Waals surface area (Å²) in [6.07, 6.45) is 7.05. The van der Waals surface area contributed by atoms with Crippen LogP contribution in [0.2, 0.25) is 0 Å². The van der Waals surface area contributed by atoms with E-state index in [-0.39, 0.29) is 6.67 Å². The Morgan fingerprint density at radius 3 is 1.42 bits per heavy atom. The minimum absolute atomic E-state index is 0.239. The van der Waals surface area contributed by atoms with Crippen LogP contribution >= 0.6 is 0 Å². The largest absolute Gasteiger partial charge is 0.507 e. The monoisotopic (exact) mass is 422 g/mol. The topological polar surface area (TPSA) is 65.2 Å². The second-order valence-corrected chi connectivity index (χ2v) is 8.33. The molecule has 168 valence electrons. The highest BCUT2D eigenvalue weighted by molar-refractivity contribution is 5.86. The van der Waals surface area contributed by atoms with Crippen LogP contribution in [0.15, 0.2) is 34.3 Å². The van der Waals surface area contributed by atoms with Gasteiger partial charge >= 0.3 is 0 Å². The molecule has 0 saturated heterocycles. The van der Waals surface area contributed by atoms with E-state index in [1.807, 2.05) is 26.0 Å². The molecular formula is C27H38N2O2. The van der Waals surface area contributed by atoms with Crippen LogP contribution in [0.25, 0.3) is 0 Å². The fourth-order valence-electron chi connectivity index (χ4n) is 3.59. The van der Waals surface area contributed by atoms with Crippen LogP contribution in [-0.4, -0.2) is 29.3 Å². The standard InChI is InChI=1S/C27H38N2O2/c1-7-18(5)22-11-20(9-3)26(30)24(13-22)15-28-17-29-16-25-14-23(19(6)8-2)12-21(10-4)27(25)31/h11-16,18-19,30-31H,7-10,17H2,1-6H3. The van der Waals surface area contributed by atoms with Crippen LogP contribution in [-0.2, 0) is 12.8 Å². The summed E-state index contributed by atoms with van der Waals surface area (Å²) in [5.74, 6) is 1.47. The van der Waals surface area contributed by atoms with Crippen LogP contribution in [0.1, 0.15) is 99.6 Å². The molecule has 0 aromatic heterocycles. The van der Waals surface area contributed by atoms with Crippen molar-refractivity contribution in [3.63, 3.8) is 0 Å². The second kappa shape index (κ2) is 11.7. The first-order valence-electron chi connectivity index (χ1n) is 11.6. The lowest BCUT2D eigenvalue weighted by atomic mass is 9.93. The third-order valence-corrected chi connectivity index (χ3v) is 6.23. The van der Waals surface area contributed by atoms with Crippen molar-refractivity contribution in [2.75, 3.05) is 6.67 Å². The van der Waals surface area contributed by atoms with E-state index in [1.165, 1.54) is 11.1 Å². The van der Waals surface area contributed by atoms with Crippen LogP contribution in [0.3, 0.4) is 0 Å². The van der Waals surface area contributed by atoms with Gasteiger partial charge < -0.3 is 10.2 Å². The Hall–Kier alpha value is -2.62. The maximum atomic E-state index is 10.5. The Morgan fingerprint density at radius 1 is 0.710 bits per heavy atom. The molecule has 2 aromatic carbocycles. The number of phenolic OH excluding ortho intramolecular Hbond substituents is 2. The molecule has 31 heavy (non-hydrogen) atoms.